The summed E-state index contributed by atoms with van der Waals surface area (Å²) in [6.07, 6.45) is 9.72. The topological polar surface area (TPSA) is 178 Å². The van der Waals surface area contributed by atoms with Gasteiger partial charge in [-0.05, 0) is 105 Å². The van der Waals surface area contributed by atoms with E-state index >= 15 is 0 Å². The third-order valence-electron chi connectivity index (χ3n) is 16.2. The second-order valence-corrected chi connectivity index (χ2v) is 21.0. The van der Waals surface area contributed by atoms with Gasteiger partial charge in [-0.15, -0.1) is 0 Å². The van der Waals surface area contributed by atoms with Crippen molar-refractivity contribution in [2.75, 3.05) is 104 Å². The molecular formula is C57H72N10O7. The molecule has 1 atom stereocenters. The van der Waals surface area contributed by atoms with Gasteiger partial charge >= 0.3 is 0 Å². The average molecular weight is 1010 g/mol. The number of benzene rings is 2. The first-order valence-electron chi connectivity index (χ1n) is 26.8. The molecule has 74 heavy (non-hydrogen) atoms. The SMILES string of the molecule is CCOc1cc(OC)ccc1CNCC(=O)N1CCC[C@H](c2cccc(C(=O)N3CCN(CC45CCC(NC(=O)c6ccc(N7CCN(Cc8cnc9cc(CC)c(=O)[nH]c9c8)CC7)cn6)(CC4)CO5)CC3)c2)C1. The predicted octanol–water partition coefficient (Wildman–Crippen LogP) is 5.38. The smallest absolute Gasteiger partial charge is 0.270 e. The van der Waals surface area contributed by atoms with Crippen molar-refractivity contribution in [2.24, 2.45) is 0 Å². The predicted molar refractivity (Wildman–Crippen MR) is 284 cm³/mol. The summed E-state index contributed by atoms with van der Waals surface area (Å²) in [4.78, 5) is 76.6. The lowest BCUT2D eigenvalue weighted by atomic mass is 9.70. The highest BCUT2D eigenvalue weighted by Gasteiger charge is 2.51. The van der Waals surface area contributed by atoms with E-state index < -0.39 is 5.54 Å². The third kappa shape index (κ3) is 11.6. The van der Waals surface area contributed by atoms with E-state index in [1.54, 1.807) is 7.11 Å². The summed E-state index contributed by atoms with van der Waals surface area (Å²) in [5, 5.41) is 6.65. The fraction of sp³-hybridized carbons (Fsp3) is 0.509. The minimum absolute atomic E-state index is 0.0488. The molecule has 0 spiro atoms. The van der Waals surface area contributed by atoms with E-state index in [9.17, 15) is 19.2 Å². The second-order valence-electron chi connectivity index (χ2n) is 21.0. The number of aromatic nitrogens is 3. The number of carbonyl (C=O) groups is 3. The summed E-state index contributed by atoms with van der Waals surface area (Å²) in [6.45, 7) is 14.9. The Morgan fingerprint density at radius 2 is 1.65 bits per heavy atom. The van der Waals surface area contributed by atoms with Crippen molar-refractivity contribution in [1.82, 2.24) is 45.2 Å². The van der Waals surface area contributed by atoms with Crippen molar-refractivity contribution in [3.63, 3.8) is 0 Å². The van der Waals surface area contributed by atoms with Gasteiger partial charge in [-0.2, -0.15) is 0 Å². The number of H-pyrrole nitrogens is 1. The number of rotatable bonds is 17. The Balaban J connectivity index is 0.643. The van der Waals surface area contributed by atoms with Crippen molar-refractivity contribution < 1.29 is 28.6 Å². The molecule has 3 amide bonds. The highest BCUT2D eigenvalue weighted by molar-refractivity contribution is 5.94. The zero-order chi connectivity index (χ0) is 51.2. The minimum Gasteiger partial charge on any atom is -0.497 e. The molecule has 3 N–H and O–H groups in total. The van der Waals surface area contributed by atoms with Crippen molar-refractivity contribution in [1.29, 1.82) is 0 Å². The summed E-state index contributed by atoms with van der Waals surface area (Å²) in [7, 11) is 1.63. The number of likely N-dealkylation sites (tertiary alicyclic amines) is 1. The third-order valence-corrected chi connectivity index (χ3v) is 16.2. The number of aromatic amines is 1. The van der Waals surface area contributed by atoms with Crippen LogP contribution in [-0.4, -0.2) is 162 Å². The van der Waals surface area contributed by atoms with Crippen molar-refractivity contribution in [2.45, 2.75) is 88.9 Å². The highest BCUT2D eigenvalue weighted by Crippen LogP contribution is 2.44. The van der Waals surface area contributed by atoms with Crippen molar-refractivity contribution in [3.8, 4) is 11.5 Å². The van der Waals surface area contributed by atoms with Gasteiger partial charge in [0.25, 0.3) is 17.4 Å². The monoisotopic (exact) mass is 1010 g/mol. The lowest BCUT2D eigenvalue weighted by Crippen LogP contribution is -2.66. The lowest BCUT2D eigenvalue weighted by molar-refractivity contribution is -0.170. The van der Waals surface area contributed by atoms with Gasteiger partial charge < -0.3 is 44.5 Å². The zero-order valence-electron chi connectivity index (χ0n) is 43.3. The first kappa shape index (κ1) is 51.1. The average Bonchev–Trinajstić information content (AvgIpc) is 3.44. The molecule has 6 aliphatic rings. The Morgan fingerprint density at radius 3 is 2.38 bits per heavy atom. The number of methoxy groups -OCH3 is 1. The Kier molecular flexibility index (Phi) is 15.6. The minimum atomic E-state index is -0.404. The Labute approximate surface area is 433 Å². The van der Waals surface area contributed by atoms with Gasteiger partial charge in [0, 0.05) is 120 Å². The molecule has 5 aromatic rings. The zero-order valence-corrected chi connectivity index (χ0v) is 43.3. The first-order valence-corrected chi connectivity index (χ1v) is 26.8. The van der Waals surface area contributed by atoms with Crippen LogP contribution in [0.3, 0.4) is 0 Å². The standard InChI is InChI=1S/C57H72N10O7/c1-4-41-30-49-50(61-53(41)69)28-40(32-59-49)36-63-20-24-65(25-21-63)46-12-14-48(60-34-46)54(70)62-56-15-17-57(18-16-56,74-39-56)38-64-22-26-66(27-23-64)55(71)43-9-6-8-42(29-43)45-10-7-19-67(37-45)52(68)35-58-33-44-11-13-47(72-3)31-51(44)73-5-2/h6,8-9,11-14,28-32,34,45,58H,4-5,7,10,15-27,33,35-39H2,1-3H3,(H,61,69)(H,62,70)/t45-,56?,57?/m0/s1. The van der Waals surface area contributed by atoms with E-state index in [2.05, 4.69) is 46.4 Å². The number of aryl methyl sites for hydroxylation is 1. The first-order chi connectivity index (χ1) is 36.0. The number of carbonyl (C=O) groups excluding carboxylic acids is 3. The van der Waals surface area contributed by atoms with Crippen LogP contribution in [-0.2, 0) is 29.0 Å². The maximum Gasteiger partial charge on any atom is 0.270 e. The van der Waals surface area contributed by atoms with Gasteiger partial charge in [0.15, 0.2) is 0 Å². The number of fused-ring (bicyclic) bond motifs is 4. The van der Waals surface area contributed by atoms with Crippen LogP contribution in [0.25, 0.3) is 11.0 Å². The summed E-state index contributed by atoms with van der Waals surface area (Å²) in [5.74, 6) is 1.61. The van der Waals surface area contributed by atoms with Crippen LogP contribution in [0.2, 0.25) is 0 Å². The molecular weight excluding hydrogens is 937 g/mol. The van der Waals surface area contributed by atoms with Crippen LogP contribution in [0.15, 0.2) is 83.9 Å². The molecule has 0 unspecified atom stereocenters. The molecule has 6 fully saturated rings. The van der Waals surface area contributed by atoms with Gasteiger partial charge in [-0.25, -0.2) is 4.98 Å². The Bertz CT molecular complexity index is 2830. The fourth-order valence-electron chi connectivity index (χ4n) is 11.7. The number of pyridine rings is 3. The van der Waals surface area contributed by atoms with E-state index in [-0.39, 0.29) is 41.3 Å². The van der Waals surface area contributed by atoms with Crippen LogP contribution in [0, 0.1) is 0 Å². The lowest BCUT2D eigenvalue weighted by Gasteiger charge is -2.54. The quantitative estimate of drug-likeness (QED) is 0.108. The number of hydrogen-bond acceptors (Lipinski definition) is 13. The largest absolute Gasteiger partial charge is 0.497 e. The van der Waals surface area contributed by atoms with E-state index in [4.69, 9.17) is 14.2 Å². The summed E-state index contributed by atoms with van der Waals surface area (Å²) >= 11 is 0. The number of piperazine rings is 2. The molecule has 0 radical (unpaired) electrons. The normalized spacial score (nSPS) is 22.5. The summed E-state index contributed by atoms with van der Waals surface area (Å²) < 4.78 is 17.8. The summed E-state index contributed by atoms with van der Waals surface area (Å²) in [5.41, 5.74) is 6.88. The van der Waals surface area contributed by atoms with E-state index in [0.29, 0.717) is 57.1 Å². The molecule has 1 aliphatic carbocycles. The van der Waals surface area contributed by atoms with Gasteiger partial charge in [0.2, 0.25) is 5.91 Å². The van der Waals surface area contributed by atoms with E-state index in [1.165, 1.54) is 0 Å². The van der Waals surface area contributed by atoms with Crippen molar-refractivity contribution in [3.05, 3.63) is 123 Å². The number of anilines is 1. The Morgan fingerprint density at radius 1 is 0.838 bits per heavy atom. The van der Waals surface area contributed by atoms with E-state index in [1.807, 2.05) is 96.7 Å². The number of nitrogens with one attached hydrogen (secondary N) is 3. The molecule has 3 aromatic heterocycles. The molecule has 2 aromatic carbocycles. The molecule has 392 valence electrons. The van der Waals surface area contributed by atoms with E-state index in [0.717, 1.165) is 148 Å². The van der Waals surface area contributed by atoms with Crippen LogP contribution in [0.4, 0.5) is 5.69 Å². The molecule has 2 bridgehead atoms. The summed E-state index contributed by atoms with van der Waals surface area (Å²) in [6, 6.07) is 21.5. The number of piperidine rings is 1. The number of amides is 3. The molecule has 17 nitrogen and oxygen atoms in total. The number of hydrogen-bond donors (Lipinski definition) is 3. The molecule has 11 rings (SSSR count). The van der Waals surface area contributed by atoms with Gasteiger partial charge in [-0.3, -0.25) is 34.0 Å². The Hall–Kier alpha value is -6.40. The molecule has 8 heterocycles. The van der Waals surface area contributed by atoms with Crippen LogP contribution >= 0.6 is 0 Å². The molecule has 1 saturated carbocycles. The maximum atomic E-state index is 13.9. The van der Waals surface area contributed by atoms with Crippen LogP contribution < -0.4 is 30.6 Å². The van der Waals surface area contributed by atoms with Crippen LogP contribution in [0.5, 0.6) is 11.5 Å². The molecule has 5 saturated heterocycles. The molecule has 17 heteroatoms. The fourth-order valence-corrected chi connectivity index (χ4v) is 11.7. The second kappa shape index (κ2) is 22.6. The number of ether oxygens (including phenoxy) is 3. The van der Waals surface area contributed by atoms with Gasteiger partial charge in [-0.1, -0.05) is 25.1 Å². The molecule has 5 aliphatic heterocycles. The number of nitrogens with zero attached hydrogens (tertiary/aromatic N) is 7. The van der Waals surface area contributed by atoms with Gasteiger partial charge in [0.05, 0.1) is 60.9 Å². The van der Waals surface area contributed by atoms with Crippen LogP contribution in [0.1, 0.15) is 101 Å². The highest BCUT2D eigenvalue weighted by atomic mass is 16.5. The maximum absolute atomic E-state index is 13.9. The van der Waals surface area contributed by atoms with Crippen molar-refractivity contribution >= 4 is 34.4 Å². The van der Waals surface area contributed by atoms with Gasteiger partial charge in [0.1, 0.15) is 17.2 Å².